The first-order chi connectivity index (χ1) is 17.7. The highest BCUT2D eigenvalue weighted by Crippen LogP contribution is 2.45. The van der Waals surface area contributed by atoms with Gasteiger partial charge in [-0.15, -0.1) is 0 Å². The van der Waals surface area contributed by atoms with Gasteiger partial charge in [-0.2, -0.15) is 0 Å². The number of hydrogen-bond acceptors (Lipinski definition) is 7. The quantitative estimate of drug-likeness (QED) is 0.435. The summed E-state index contributed by atoms with van der Waals surface area (Å²) in [7, 11) is 0. The second-order valence-corrected chi connectivity index (χ2v) is 11.2. The van der Waals surface area contributed by atoms with E-state index in [0.29, 0.717) is 52.4 Å². The van der Waals surface area contributed by atoms with Crippen LogP contribution in [0.4, 0.5) is 0 Å². The summed E-state index contributed by atoms with van der Waals surface area (Å²) in [5.41, 5.74) is 7.50. The van der Waals surface area contributed by atoms with Crippen molar-refractivity contribution >= 4 is 11.9 Å². The molecule has 2 fully saturated rings. The summed E-state index contributed by atoms with van der Waals surface area (Å²) in [5, 5.41) is 10.5. The number of hydrogen-bond donors (Lipinski definition) is 2. The molecule has 2 saturated heterocycles. The fourth-order valence-corrected chi connectivity index (χ4v) is 6.11. The van der Waals surface area contributed by atoms with Crippen LogP contribution in [0.2, 0.25) is 0 Å². The lowest BCUT2D eigenvalue weighted by Gasteiger charge is -2.37. The molecule has 1 amide bonds. The lowest BCUT2D eigenvalue weighted by atomic mass is 9.77. The molecule has 206 valence electrons. The maximum absolute atomic E-state index is 13.5. The van der Waals surface area contributed by atoms with Crippen LogP contribution in [0.25, 0.3) is 0 Å². The van der Waals surface area contributed by atoms with Gasteiger partial charge in [0, 0.05) is 50.0 Å². The van der Waals surface area contributed by atoms with Gasteiger partial charge in [-0.1, -0.05) is 39.3 Å². The van der Waals surface area contributed by atoms with Gasteiger partial charge >= 0.3 is 5.97 Å². The van der Waals surface area contributed by atoms with Crippen LogP contribution in [0.1, 0.15) is 57.1 Å². The van der Waals surface area contributed by atoms with Crippen molar-refractivity contribution < 1.29 is 28.9 Å². The van der Waals surface area contributed by atoms with Crippen LogP contribution in [0.3, 0.4) is 0 Å². The second-order valence-electron chi connectivity index (χ2n) is 11.2. The third-order valence-corrected chi connectivity index (χ3v) is 8.04. The van der Waals surface area contributed by atoms with E-state index >= 15 is 0 Å². The van der Waals surface area contributed by atoms with Gasteiger partial charge in [-0.05, 0) is 30.0 Å². The van der Waals surface area contributed by atoms with Gasteiger partial charge in [0.15, 0.2) is 6.29 Å². The Balaban J connectivity index is 1.63. The number of amides is 1. The van der Waals surface area contributed by atoms with Crippen LogP contribution in [0, 0.1) is 11.3 Å². The van der Waals surface area contributed by atoms with Crippen molar-refractivity contribution in [2.45, 2.75) is 64.7 Å². The highest BCUT2D eigenvalue weighted by molar-refractivity contribution is 5.79. The minimum Gasteiger partial charge on any atom is -0.493 e. The minimum absolute atomic E-state index is 0.00205. The summed E-state index contributed by atoms with van der Waals surface area (Å²) < 4.78 is 17.3. The maximum atomic E-state index is 13.5. The highest BCUT2D eigenvalue weighted by Gasteiger charge is 2.50. The normalized spacial score (nSPS) is 24.3. The number of unbranched alkanes of at least 4 members (excludes halogenated alkanes) is 1. The van der Waals surface area contributed by atoms with Gasteiger partial charge in [0.2, 0.25) is 5.91 Å². The molecule has 0 unspecified atom stereocenters. The van der Waals surface area contributed by atoms with Crippen LogP contribution >= 0.6 is 0 Å². The molecule has 3 aliphatic heterocycles. The predicted molar refractivity (Wildman–Crippen MR) is 140 cm³/mol. The second kappa shape index (κ2) is 12.1. The lowest BCUT2D eigenvalue weighted by molar-refractivity contribution is -0.148. The summed E-state index contributed by atoms with van der Waals surface area (Å²) in [5.74, 6) is -0.853. The molecule has 0 bridgehead atoms. The molecule has 1 aromatic rings. The monoisotopic (exact) mass is 517 g/mol. The Labute approximate surface area is 220 Å². The van der Waals surface area contributed by atoms with E-state index in [1.165, 1.54) is 0 Å². The molecule has 0 spiro atoms. The number of likely N-dealkylation sites (tertiary alicyclic amines) is 1. The van der Waals surface area contributed by atoms with E-state index in [1.807, 2.05) is 17.0 Å². The molecule has 0 radical (unpaired) electrons. The minimum atomic E-state index is -0.837. The van der Waals surface area contributed by atoms with Crippen LogP contribution in [0.5, 0.6) is 5.75 Å². The molecule has 9 nitrogen and oxygen atoms in total. The lowest BCUT2D eigenvalue weighted by Crippen LogP contribution is -2.48. The Morgan fingerprint density at radius 2 is 1.95 bits per heavy atom. The first kappa shape index (κ1) is 27.8. The standard InChI is InChI=1S/C28H43N3O6/c1-4-5-10-30(11-9-29)24(32)18-31-17-21(19-6-7-23-20(15-19)8-12-35-23)25(26(33)34)22(31)16-28(2,3)27-36-13-14-37-27/h6-7,15,21-22,25,27H,4-5,8-14,16-18,29H2,1-3H3,(H,33,34)/t21-,22+,25-/m1/s1. The molecule has 3 atom stereocenters. The van der Waals surface area contributed by atoms with Gasteiger partial charge in [-0.3, -0.25) is 14.5 Å². The zero-order chi connectivity index (χ0) is 26.6. The number of rotatable bonds is 12. The van der Waals surface area contributed by atoms with Crippen molar-refractivity contribution in [3.63, 3.8) is 0 Å². The number of fused-ring (bicyclic) bond motifs is 1. The molecular formula is C28H43N3O6. The Morgan fingerprint density at radius 1 is 1.19 bits per heavy atom. The number of carboxylic acids is 1. The van der Waals surface area contributed by atoms with Crippen molar-refractivity contribution in [1.82, 2.24) is 9.80 Å². The summed E-state index contributed by atoms with van der Waals surface area (Å²) in [6.45, 7) is 10.2. The van der Waals surface area contributed by atoms with Crippen molar-refractivity contribution in [3.05, 3.63) is 29.3 Å². The Kier molecular flexibility index (Phi) is 9.11. The molecule has 1 aromatic carbocycles. The van der Waals surface area contributed by atoms with Crippen LogP contribution in [-0.4, -0.2) is 91.7 Å². The average molecular weight is 518 g/mol. The van der Waals surface area contributed by atoms with E-state index in [0.717, 1.165) is 36.1 Å². The van der Waals surface area contributed by atoms with Crippen molar-refractivity contribution in [2.24, 2.45) is 17.1 Å². The topological polar surface area (TPSA) is 115 Å². The van der Waals surface area contributed by atoms with Crippen molar-refractivity contribution in [3.8, 4) is 5.75 Å². The summed E-state index contributed by atoms with van der Waals surface area (Å²) >= 11 is 0. The van der Waals surface area contributed by atoms with Crippen LogP contribution in [0.15, 0.2) is 18.2 Å². The summed E-state index contributed by atoms with van der Waals surface area (Å²) in [6, 6.07) is 5.70. The SMILES string of the molecule is CCCCN(CCN)C(=O)CN1C[C@H](c2ccc3c(c2)CCO3)[C@@H](C(=O)O)[C@@H]1CC(C)(C)C1OCCO1. The summed E-state index contributed by atoms with van der Waals surface area (Å²) in [6.07, 6.45) is 2.87. The van der Waals surface area contributed by atoms with Crippen LogP contribution in [-0.2, 0) is 25.5 Å². The van der Waals surface area contributed by atoms with E-state index in [-0.39, 0.29) is 24.4 Å². The molecule has 0 aliphatic carbocycles. The van der Waals surface area contributed by atoms with Gasteiger partial charge in [0.05, 0.1) is 32.3 Å². The predicted octanol–water partition coefficient (Wildman–Crippen LogP) is 2.47. The largest absolute Gasteiger partial charge is 0.493 e. The first-order valence-electron chi connectivity index (χ1n) is 13.7. The number of nitrogens with zero attached hydrogens (tertiary/aromatic N) is 2. The van der Waals surface area contributed by atoms with Crippen LogP contribution < -0.4 is 10.5 Å². The van der Waals surface area contributed by atoms with E-state index < -0.39 is 23.6 Å². The Hall–Kier alpha value is -2.20. The molecule has 3 N–H and O–H groups in total. The Bertz CT molecular complexity index is 948. The highest BCUT2D eigenvalue weighted by atomic mass is 16.7. The molecule has 3 aliphatic rings. The fourth-order valence-electron chi connectivity index (χ4n) is 6.11. The number of carboxylic acid groups (broad SMARTS) is 1. The van der Waals surface area contributed by atoms with E-state index in [1.54, 1.807) is 0 Å². The number of ether oxygens (including phenoxy) is 3. The molecule has 0 saturated carbocycles. The van der Waals surface area contributed by atoms with E-state index in [9.17, 15) is 14.7 Å². The molecule has 3 heterocycles. The van der Waals surface area contributed by atoms with Gasteiger partial charge < -0.3 is 30.0 Å². The van der Waals surface area contributed by atoms with E-state index in [4.69, 9.17) is 19.9 Å². The number of carbonyl (C=O) groups is 2. The zero-order valence-corrected chi connectivity index (χ0v) is 22.5. The molecule has 9 heteroatoms. The van der Waals surface area contributed by atoms with Gasteiger partial charge in [-0.25, -0.2) is 0 Å². The number of aliphatic carboxylic acids is 1. The number of benzene rings is 1. The van der Waals surface area contributed by atoms with Gasteiger partial charge in [0.1, 0.15) is 5.75 Å². The van der Waals surface area contributed by atoms with Crippen molar-refractivity contribution in [2.75, 3.05) is 52.5 Å². The molecule has 4 rings (SSSR count). The van der Waals surface area contributed by atoms with Gasteiger partial charge in [0.25, 0.3) is 0 Å². The third kappa shape index (κ3) is 6.28. The summed E-state index contributed by atoms with van der Waals surface area (Å²) in [4.78, 5) is 30.2. The first-order valence-corrected chi connectivity index (χ1v) is 13.7. The number of nitrogens with two attached hydrogens (primary N) is 1. The van der Waals surface area contributed by atoms with E-state index in [2.05, 4.69) is 31.7 Å². The molecule has 37 heavy (non-hydrogen) atoms. The third-order valence-electron chi connectivity index (χ3n) is 8.04. The maximum Gasteiger partial charge on any atom is 0.308 e. The Morgan fingerprint density at radius 3 is 2.62 bits per heavy atom. The molecule has 0 aromatic heterocycles. The smallest absolute Gasteiger partial charge is 0.308 e. The molecular weight excluding hydrogens is 474 g/mol. The average Bonchev–Trinajstić information content (AvgIpc) is 3.61. The fraction of sp³-hybridized carbons (Fsp3) is 0.714. The van der Waals surface area contributed by atoms with Crippen molar-refractivity contribution in [1.29, 1.82) is 0 Å². The zero-order valence-electron chi connectivity index (χ0n) is 22.5. The number of carbonyl (C=O) groups excluding carboxylic acids is 1.